The highest BCUT2D eigenvalue weighted by Gasteiger charge is 2.34. The number of hydrogen-bond donors (Lipinski definition) is 0. The molecule has 0 spiro atoms. The number of ether oxygens (including phenoxy) is 3. The van der Waals surface area contributed by atoms with Gasteiger partial charge < -0.3 is 14.2 Å². The highest BCUT2D eigenvalue weighted by molar-refractivity contribution is 7.07. The predicted octanol–water partition coefficient (Wildman–Crippen LogP) is 3.18. The predicted molar refractivity (Wildman–Crippen MR) is 124 cm³/mol. The quantitative estimate of drug-likeness (QED) is 0.534. The Morgan fingerprint density at radius 2 is 2.06 bits per heavy atom. The van der Waals surface area contributed by atoms with Crippen LogP contribution in [0.2, 0.25) is 5.02 Å². The minimum atomic E-state index is -0.719. The van der Waals surface area contributed by atoms with Crippen LogP contribution in [-0.4, -0.2) is 23.9 Å². The van der Waals surface area contributed by atoms with Crippen molar-refractivity contribution >= 4 is 35.0 Å². The van der Waals surface area contributed by atoms with Gasteiger partial charge in [0.2, 0.25) is 6.79 Å². The molecule has 0 amide bonds. The lowest BCUT2D eigenvalue weighted by Crippen LogP contribution is -2.39. The van der Waals surface area contributed by atoms with E-state index in [0.29, 0.717) is 42.7 Å². The maximum atomic E-state index is 13.6. The molecule has 168 valence electrons. The van der Waals surface area contributed by atoms with Crippen LogP contribution in [0.4, 0.5) is 0 Å². The molecule has 2 aliphatic rings. The van der Waals surface area contributed by atoms with E-state index in [4.69, 9.17) is 25.8 Å². The first-order valence-corrected chi connectivity index (χ1v) is 11.5. The molecule has 1 aromatic heterocycles. The molecule has 3 heterocycles. The highest BCUT2D eigenvalue weighted by atomic mass is 35.5. The molecule has 7 nitrogen and oxygen atoms in total. The summed E-state index contributed by atoms with van der Waals surface area (Å²) in [7, 11) is 0. The molecule has 2 aliphatic heterocycles. The second-order valence-corrected chi connectivity index (χ2v) is 8.85. The zero-order valence-corrected chi connectivity index (χ0v) is 19.4. The van der Waals surface area contributed by atoms with Gasteiger partial charge in [0.1, 0.15) is 0 Å². The lowest BCUT2D eigenvalue weighted by molar-refractivity contribution is -0.139. The van der Waals surface area contributed by atoms with Crippen LogP contribution in [-0.2, 0) is 9.53 Å². The summed E-state index contributed by atoms with van der Waals surface area (Å²) in [5, 5.41) is 0.541. The van der Waals surface area contributed by atoms with Crippen molar-refractivity contribution in [3.05, 3.63) is 89.6 Å². The van der Waals surface area contributed by atoms with Crippen molar-refractivity contribution in [3.8, 4) is 11.5 Å². The van der Waals surface area contributed by atoms with Gasteiger partial charge in [-0.05, 0) is 49.2 Å². The summed E-state index contributed by atoms with van der Waals surface area (Å²) in [4.78, 5) is 31.6. The minimum Gasteiger partial charge on any atom is -0.463 e. The second-order valence-electron chi connectivity index (χ2n) is 7.44. The number of esters is 1. The van der Waals surface area contributed by atoms with Gasteiger partial charge in [-0.1, -0.05) is 47.2 Å². The van der Waals surface area contributed by atoms with Gasteiger partial charge >= 0.3 is 5.97 Å². The van der Waals surface area contributed by atoms with Gasteiger partial charge in [0.05, 0.1) is 28.5 Å². The third-order valence-electron chi connectivity index (χ3n) is 5.42. The second kappa shape index (κ2) is 8.53. The van der Waals surface area contributed by atoms with E-state index >= 15 is 0 Å². The smallest absolute Gasteiger partial charge is 0.338 e. The van der Waals surface area contributed by atoms with Gasteiger partial charge in [-0.2, -0.15) is 0 Å². The molecule has 0 saturated carbocycles. The van der Waals surface area contributed by atoms with E-state index in [-0.39, 0.29) is 19.0 Å². The number of hydrogen-bond acceptors (Lipinski definition) is 7. The summed E-state index contributed by atoms with van der Waals surface area (Å²) >= 11 is 7.55. The highest BCUT2D eigenvalue weighted by Crippen LogP contribution is 2.38. The minimum absolute atomic E-state index is 0.124. The molecule has 0 bridgehead atoms. The van der Waals surface area contributed by atoms with E-state index in [1.54, 1.807) is 38.1 Å². The molecule has 0 N–H and O–H groups in total. The Bertz CT molecular complexity index is 1490. The van der Waals surface area contributed by atoms with Crippen LogP contribution in [0.15, 0.2) is 63.5 Å². The molecule has 0 aliphatic carbocycles. The summed E-state index contributed by atoms with van der Waals surface area (Å²) in [6.07, 6.45) is 1.74. The largest absolute Gasteiger partial charge is 0.463 e. The number of rotatable bonds is 4. The first-order chi connectivity index (χ1) is 16.0. The zero-order valence-electron chi connectivity index (χ0n) is 17.8. The maximum absolute atomic E-state index is 13.6. The molecule has 0 radical (unpaired) electrons. The van der Waals surface area contributed by atoms with Crippen molar-refractivity contribution in [2.45, 2.75) is 19.9 Å². The van der Waals surface area contributed by atoms with Gasteiger partial charge in [0, 0.05) is 5.02 Å². The fourth-order valence-corrected chi connectivity index (χ4v) is 5.15. The molecular formula is C24H19ClN2O5S. The summed E-state index contributed by atoms with van der Waals surface area (Å²) in [6.45, 7) is 3.82. The average Bonchev–Trinajstić information content (AvgIpc) is 3.38. The van der Waals surface area contributed by atoms with Crippen molar-refractivity contribution in [1.29, 1.82) is 0 Å². The SMILES string of the molecule is CCOC(=O)C1=C(C)N=c2s/c(=C\c3ccccc3Cl)c(=O)n2[C@H]1c1ccc2c(c1)OCO2. The Morgan fingerprint density at radius 3 is 2.85 bits per heavy atom. The molecule has 9 heteroatoms. The van der Waals surface area contributed by atoms with Gasteiger partial charge in [-0.25, -0.2) is 9.79 Å². The zero-order chi connectivity index (χ0) is 23.1. The maximum Gasteiger partial charge on any atom is 0.338 e. The van der Waals surface area contributed by atoms with E-state index in [2.05, 4.69) is 4.99 Å². The van der Waals surface area contributed by atoms with Gasteiger partial charge in [-0.15, -0.1) is 0 Å². The third-order valence-corrected chi connectivity index (χ3v) is 6.75. The van der Waals surface area contributed by atoms with Crippen LogP contribution >= 0.6 is 22.9 Å². The molecule has 1 atom stereocenters. The Labute approximate surface area is 197 Å². The summed E-state index contributed by atoms with van der Waals surface area (Å²) in [5.74, 6) is 0.661. The molecule has 3 aromatic rings. The molecule has 0 saturated heterocycles. The van der Waals surface area contributed by atoms with Crippen molar-refractivity contribution in [1.82, 2.24) is 4.57 Å². The van der Waals surface area contributed by atoms with Crippen LogP contribution in [0, 0.1) is 0 Å². The number of allylic oxidation sites excluding steroid dienone is 1. The summed E-state index contributed by atoms with van der Waals surface area (Å²) in [5.41, 5.74) is 1.97. The van der Waals surface area contributed by atoms with Crippen molar-refractivity contribution in [2.24, 2.45) is 4.99 Å². The van der Waals surface area contributed by atoms with Crippen LogP contribution in [0.3, 0.4) is 0 Å². The van der Waals surface area contributed by atoms with Crippen LogP contribution in [0.5, 0.6) is 11.5 Å². The normalized spacial score (nSPS) is 17.1. The lowest BCUT2D eigenvalue weighted by Gasteiger charge is -2.24. The summed E-state index contributed by atoms with van der Waals surface area (Å²) in [6, 6.07) is 12.0. The standard InChI is InChI=1S/C24H19ClN2O5S/c1-3-30-23(29)20-13(2)26-24-27(21(20)15-8-9-17-18(10-15)32-12-31-17)22(28)19(33-24)11-14-6-4-5-7-16(14)25/h4-11,21H,3,12H2,1-2H3/b19-11-/t21-/m0/s1. The van der Waals surface area contributed by atoms with Crippen LogP contribution in [0.1, 0.15) is 31.0 Å². The monoisotopic (exact) mass is 482 g/mol. The first kappa shape index (κ1) is 21.5. The van der Waals surface area contributed by atoms with Crippen LogP contribution < -0.4 is 24.4 Å². The van der Waals surface area contributed by atoms with Crippen molar-refractivity contribution in [2.75, 3.05) is 13.4 Å². The molecule has 2 aromatic carbocycles. The fourth-order valence-electron chi connectivity index (χ4n) is 3.92. The fraction of sp³-hybridized carbons (Fsp3) is 0.208. The van der Waals surface area contributed by atoms with E-state index < -0.39 is 12.0 Å². The molecule has 0 fully saturated rings. The van der Waals surface area contributed by atoms with Crippen molar-refractivity contribution < 1.29 is 19.0 Å². The van der Waals surface area contributed by atoms with Gasteiger partial charge in [0.15, 0.2) is 16.3 Å². The lowest BCUT2D eigenvalue weighted by atomic mass is 9.95. The third kappa shape index (κ3) is 3.75. The van der Waals surface area contributed by atoms with Crippen LogP contribution in [0.25, 0.3) is 6.08 Å². The van der Waals surface area contributed by atoms with E-state index in [1.807, 2.05) is 24.3 Å². The summed E-state index contributed by atoms with van der Waals surface area (Å²) < 4.78 is 18.3. The number of aromatic nitrogens is 1. The topological polar surface area (TPSA) is 79.1 Å². The Morgan fingerprint density at radius 1 is 1.27 bits per heavy atom. The van der Waals surface area contributed by atoms with Crippen molar-refractivity contribution in [3.63, 3.8) is 0 Å². The number of carbonyl (C=O) groups is 1. The van der Waals surface area contributed by atoms with E-state index in [1.165, 1.54) is 15.9 Å². The molecule has 0 unspecified atom stereocenters. The Kier molecular flexibility index (Phi) is 5.55. The molecule has 33 heavy (non-hydrogen) atoms. The number of thiazole rings is 1. The Hall–Kier alpha value is -3.36. The number of carbonyl (C=O) groups excluding carboxylic acids is 1. The number of benzene rings is 2. The first-order valence-electron chi connectivity index (χ1n) is 10.3. The molecule has 5 rings (SSSR count). The Balaban J connectivity index is 1.74. The average molecular weight is 483 g/mol. The molecular weight excluding hydrogens is 464 g/mol. The number of nitrogens with zero attached hydrogens (tertiary/aromatic N) is 2. The van der Waals surface area contributed by atoms with E-state index in [0.717, 1.165) is 5.56 Å². The number of fused-ring (bicyclic) bond motifs is 2. The number of halogens is 1. The van der Waals surface area contributed by atoms with Gasteiger partial charge in [-0.3, -0.25) is 9.36 Å². The van der Waals surface area contributed by atoms with E-state index in [9.17, 15) is 9.59 Å². The van der Waals surface area contributed by atoms with Gasteiger partial charge in [0.25, 0.3) is 5.56 Å².